The second-order valence-corrected chi connectivity index (χ2v) is 4.00. The van der Waals surface area contributed by atoms with Gasteiger partial charge >= 0.3 is 0 Å². The Kier molecular flexibility index (Phi) is 3.76. The molecule has 2 rings (SSSR count). The second-order valence-electron chi connectivity index (χ2n) is 4.00. The number of hydrogen-bond donors (Lipinski definition) is 1. The van der Waals surface area contributed by atoms with Crippen molar-refractivity contribution in [2.75, 3.05) is 11.9 Å². The molecule has 0 spiro atoms. The van der Waals surface area contributed by atoms with Crippen LogP contribution >= 0.6 is 0 Å². The fraction of sp³-hybridized carbons (Fsp3) is 0.267. The molecular weight excluding hydrogens is 208 g/mol. The third kappa shape index (κ3) is 2.84. The van der Waals surface area contributed by atoms with Crippen LogP contribution in [0.3, 0.4) is 0 Å². The van der Waals surface area contributed by atoms with Crippen LogP contribution in [-0.4, -0.2) is 11.5 Å². The van der Waals surface area contributed by atoms with E-state index in [0.29, 0.717) is 0 Å². The second kappa shape index (κ2) is 5.48. The van der Waals surface area contributed by atoms with Crippen molar-refractivity contribution in [1.82, 2.24) is 4.98 Å². The van der Waals surface area contributed by atoms with E-state index in [0.717, 1.165) is 18.7 Å². The van der Waals surface area contributed by atoms with Crippen molar-refractivity contribution in [2.24, 2.45) is 0 Å². The lowest BCUT2D eigenvalue weighted by atomic mass is 10.0. The number of nitrogens with zero attached hydrogens (tertiary/aromatic N) is 1. The zero-order valence-electron chi connectivity index (χ0n) is 10.4. The Hall–Kier alpha value is -1.83. The molecule has 0 amide bonds. The van der Waals surface area contributed by atoms with E-state index in [9.17, 15) is 0 Å². The van der Waals surface area contributed by atoms with Gasteiger partial charge in [0.25, 0.3) is 0 Å². The van der Waals surface area contributed by atoms with Crippen LogP contribution in [0.5, 0.6) is 0 Å². The van der Waals surface area contributed by atoms with Crippen molar-refractivity contribution in [2.45, 2.75) is 20.3 Å². The Morgan fingerprint density at radius 3 is 2.65 bits per heavy atom. The SMILES string of the molecule is CCNc1cccc(-c2ccnc(CC)c2)c1. The molecular formula is C15H18N2. The van der Waals surface area contributed by atoms with Gasteiger partial charge in [-0.15, -0.1) is 0 Å². The van der Waals surface area contributed by atoms with Crippen molar-refractivity contribution < 1.29 is 0 Å². The van der Waals surface area contributed by atoms with Crippen LogP contribution in [0.1, 0.15) is 19.5 Å². The molecule has 88 valence electrons. The first-order valence-corrected chi connectivity index (χ1v) is 6.12. The number of anilines is 1. The monoisotopic (exact) mass is 226 g/mol. The third-order valence-electron chi connectivity index (χ3n) is 2.76. The van der Waals surface area contributed by atoms with E-state index in [4.69, 9.17) is 0 Å². The molecule has 1 aromatic carbocycles. The fourth-order valence-electron chi connectivity index (χ4n) is 1.86. The molecule has 0 saturated heterocycles. The minimum Gasteiger partial charge on any atom is -0.385 e. The highest BCUT2D eigenvalue weighted by Crippen LogP contribution is 2.22. The maximum absolute atomic E-state index is 4.33. The highest BCUT2D eigenvalue weighted by Gasteiger charge is 2.00. The zero-order chi connectivity index (χ0) is 12.1. The van der Waals surface area contributed by atoms with E-state index >= 15 is 0 Å². The van der Waals surface area contributed by atoms with Gasteiger partial charge < -0.3 is 5.32 Å². The maximum Gasteiger partial charge on any atom is 0.0407 e. The molecule has 2 aromatic rings. The number of aromatic nitrogens is 1. The molecule has 0 unspecified atom stereocenters. The molecule has 17 heavy (non-hydrogen) atoms. The summed E-state index contributed by atoms with van der Waals surface area (Å²) < 4.78 is 0. The largest absolute Gasteiger partial charge is 0.385 e. The predicted octanol–water partition coefficient (Wildman–Crippen LogP) is 3.74. The summed E-state index contributed by atoms with van der Waals surface area (Å²) in [7, 11) is 0. The fourth-order valence-corrected chi connectivity index (χ4v) is 1.86. The van der Waals surface area contributed by atoms with Crippen molar-refractivity contribution in [3.05, 3.63) is 48.3 Å². The number of nitrogens with one attached hydrogen (secondary N) is 1. The van der Waals surface area contributed by atoms with Crippen molar-refractivity contribution in [3.63, 3.8) is 0 Å². The minimum absolute atomic E-state index is 0.944. The topological polar surface area (TPSA) is 24.9 Å². The smallest absolute Gasteiger partial charge is 0.0407 e. The van der Waals surface area contributed by atoms with E-state index in [1.807, 2.05) is 6.20 Å². The minimum atomic E-state index is 0.944. The van der Waals surface area contributed by atoms with E-state index in [1.54, 1.807) is 0 Å². The summed E-state index contributed by atoms with van der Waals surface area (Å²) in [6, 6.07) is 12.7. The summed E-state index contributed by atoms with van der Waals surface area (Å²) in [5.74, 6) is 0. The van der Waals surface area contributed by atoms with Crippen LogP contribution < -0.4 is 5.32 Å². The lowest BCUT2D eigenvalue weighted by Gasteiger charge is -2.07. The summed E-state index contributed by atoms with van der Waals surface area (Å²) in [6.45, 7) is 5.18. The highest BCUT2D eigenvalue weighted by atomic mass is 14.8. The Bertz CT molecular complexity index is 492. The number of pyridine rings is 1. The predicted molar refractivity (Wildman–Crippen MR) is 73.2 cm³/mol. The number of benzene rings is 1. The summed E-state index contributed by atoms with van der Waals surface area (Å²) in [5, 5.41) is 3.33. The van der Waals surface area contributed by atoms with Gasteiger partial charge in [0.2, 0.25) is 0 Å². The van der Waals surface area contributed by atoms with Crippen molar-refractivity contribution in [3.8, 4) is 11.1 Å². The highest BCUT2D eigenvalue weighted by molar-refractivity contribution is 5.68. The average Bonchev–Trinajstić information content (AvgIpc) is 2.40. The van der Waals surface area contributed by atoms with Gasteiger partial charge in [0, 0.05) is 24.1 Å². The van der Waals surface area contributed by atoms with Crippen LogP contribution in [0.25, 0.3) is 11.1 Å². The standard InChI is InChI=1S/C15H18N2/c1-3-14-10-13(8-9-17-14)12-6-5-7-15(11-12)16-4-2/h5-11,16H,3-4H2,1-2H3. The molecule has 0 aliphatic rings. The average molecular weight is 226 g/mol. The lowest BCUT2D eigenvalue weighted by molar-refractivity contribution is 1.04. The van der Waals surface area contributed by atoms with Crippen molar-refractivity contribution >= 4 is 5.69 Å². The first kappa shape index (κ1) is 11.6. The van der Waals surface area contributed by atoms with E-state index < -0.39 is 0 Å². The normalized spacial score (nSPS) is 10.2. The molecule has 1 aromatic heterocycles. The van der Waals surface area contributed by atoms with Gasteiger partial charge in [0.15, 0.2) is 0 Å². The van der Waals surface area contributed by atoms with Crippen LogP contribution in [0.4, 0.5) is 5.69 Å². The number of hydrogen-bond acceptors (Lipinski definition) is 2. The van der Waals surface area contributed by atoms with Gasteiger partial charge in [-0.25, -0.2) is 0 Å². The van der Waals surface area contributed by atoms with E-state index in [-0.39, 0.29) is 0 Å². The van der Waals surface area contributed by atoms with Gasteiger partial charge in [-0.05, 0) is 48.7 Å². The molecule has 0 fully saturated rings. The summed E-state index contributed by atoms with van der Waals surface area (Å²) in [6.07, 6.45) is 2.86. The number of aryl methyl sites for hydroxylation is 1. The van der Waals surface area contributed by atoms with Gasteiger partial charge in [0.05, 0.1) is 0 Å². The molecule has 0 bridgehead atoms. The van der Waals surface area contributed by atoms with Gasteiger partial charge in [0.1, 0.15) is 0 Å². The molecule has 0 radical (unpaired) electrons. The van der Waals surface area contributed by atoms with Crippen LogP contribution in [0, 0.1) is 0 Å². The molecule has 0 aliphatic heterocycles. The Balaban J connectivity index is 2.34. The summed E-state index contributed by atoms with van der Waals surface area (Å²) in [5.41, 5.74) is 4.77. The maximum atomic E-state index is 4.33. The number of rotatable bonds is 4. The van der Waals surface area contributed by atoms with E-state index in [1.165, 1.54) is 16.8 Å². The van der Waals surface area contributed by atoms with Gasteiger partial charge in [-0.1, -0.05) is 19.1 Å². The Morgan fingerprint density at radius 1 is 1.06 bits per heavy atom. The first-order chi connectivity index (χ1) is 8.33. The zero-order valence-corrected chi connectivity index (χ0v) is 10.4. The molecule has 1 heterocycles. The third-order valence-corrected chi connectivity index (χ3v) is 2.76. The van der Waals surface area contributed by atoms with Gasteiger partial charge in [-0.3, -0.25) is 4.98 Å². The van der Waals surface area contributed by atoms with Crippen LogP contribution in [-0.2, 0) is 6.42 Å². The summed E-state index contributed by atoms with van der Waals surface area (Å²) in [4.78, 5) is 4.33. The summed E-state index contributed by atoms with van der Waals surface area (Å²) >= 11 is 0. The lowest BCUT2D eigenvalue weighted by Crippen LogP contribution is -1.96. The molecule has 0 atom stereocenters. The molecule has 0 aliphatic carbocycles. The first-order valence-electron chi connectivity index (χ1n) is 6.12. The van der Waals surface area contributed by atoms with Crippen LogP contribution in [0.2, 0.25) is 0 Å². The van der Waals surface area contributed by atoms with E-state index in [2.05, 4.69) is 60.5 Å². The molecule has 1 N–H and O–H groups in total. The Morgan fingerprint density at radius 2 is 1.88 bits per heavy atom. The van der Waals surface area contributed by atoms with Crippen LogP contribution in [0.15, 0.2) is 42.6 Å². The van der Waals surface area contributed by atoms with Gasteiger partial charge in [-0.2, -0.15) is 0 Å². The molecule has 0 saturated carbocycles. The molecule has 2 nitrogen and oxygen atoms in total. The quantitative estimate of drug-likeness (QED) is 0.859. The molecule has 2 heteroatoms. The Labute approximate surface area is 103 Å². The van der Waals surface area contributed by atoms with Crippen molar-refractivity contribution in [1.29, 1.82) is 0 Å².